The summed E-state index contributed by atoms with van der Waals surface area (Å²) in [5.74, 6) is -4.85. The Morgan fingerprint density at radius 3 is 0.824 bits per heavy atom. The summed E-state index contributed by atoms with van der Waals surface area (Å²) in [7, 11) is 0. The largest absolute Gasteiger partial charge is 0.350 e. The zero-order chi connectivity index (χ0) is 38.9. The molecule has 4 saturated heterocycles. The SMILES string of the molecule is CC(C)[C@@H]1NC(=O)[C@@H]2[C@H](C)OC(C)(C)N2C(=O)[C@H](C(C)C)NC(=O)[C@@H]2[C@H](C)OC(C)(C)N2C(=O)[C@H](C(C)C)NC(=O)[C@@H]2[C@H](C)OC(C)(C)N2C1=O. The van der Waals surface area contributed by atoms with Crippen LogP contribution in [-0.4, -0.2) is 122 Å². The number of hydrogen-bond acceptors (Lipinski definition) is 9. The Labute approximate surface area is 302 Å². The van der Waals surface area contributed by atoms with Crippen LogP contribution >= 0.6 is 0 Å². The summed E-state index contributed by atoms with van der Waals surface area (Å²) in [6, 6.07) is -6.88. The van der Waals surface area contributed by atoms with Gasteiger partial charge in [-0.3, -0.25) is 43.5 Å². The maximum absolute atomic E-state index is 14.6. The summed E-state index contributed by atoms with van der Waals surface area (Å²) in [6.07, 6.45) is -2.34. The van der Waals surface area contributed by atoms with Crippen LogP contribution in [0.2, 0.25) is 0 Å². The number of amides is 6. The first-order valence-electron chi connectivity index (χ1n) is 18.2. The van der Waals surface area contributed by atoms with Crippen molar-refractivity contribution >= 4 is 35.4 Å². The van der Waals surface area contributed by atoms with Gasteiger partial charge in [-0.2, -0.15) is 0 Å². The molecule has 0 saturated carbocycles. The molecule has 3 N–H and O–H groups in total. The molecule has 0 aromatic rings. The number of ether oxygens (including phenoxy) is 3. The zero-order valence-corrected chi connectivity index (χ0v) is 32.9. The molecule has 0 spiro atoms. The molecule has 9 atom stereocenters. The summed E-state index contributed by atoms with van der Waals surface area (Å²) in [6.45, 7) is 25.7. The van der Waals surface area contributed by atoms with Crippen molar-refractivity contribution in [2.75, 3.05) is 0 Å². The van der Waals surface area contributed by atoms with E-state index < -0.39 is 125 Å². The summed E-state index contributed by atoms with van der Waals surface area (Å²) in [4.78, 5) is 90.8. The Bertz CT molecular complexity index is 1260. The van der Waals surface area contributed by atoms with Gasteiger partial charge < -0.3 is 30.2 Å². The number of nitrogens with one attached hydrogen (secondary N) is 3. The van der Waals surface area contributed by atoms with E-state index in [9.17, 15) is 28.8 Å². The minimum Gasteiger partial charge on any atom is -0.350 e. The third kappa shape index (κ3) is 7.22. The van der Waals surface area contributed by atoms with E-state index in [0.29, 0.717) is 0 Å². The number of hydrogen-bond donors (Lipinski definition) is 3. The fourth-order valence-electron chi connectivity index (χ4n) is 8.27. The third-order valence-corrected chi connectivity index (χ3v) is 10.5. The number of carbonyl (C=O) groups excluding carboxylic acids is 6. The molecule has 6 amide bonds. The van der Waals surface area contributed by atoms with Gasteiger partial charge in [0.05, 0.1) is 18.3 Å². The van der Waals surface area contributed by atoms with Crippen LogP contribution < -0.4 is 16.0 Å². The first-order chi connectivity index (χ1) is 23.3. The van der Waals surface area contributed by atoms with Crippen LogP contribution in [0, 0.1) is 17.8 Å². The molecule has 4 heterocycles. The lowest BCUT2D eigenvalue weighted by Crippen LogP contribution is -2.67. The highest BCUT2D eigenvalue weighted by Gasteiger charge is 2.58. The van der Waals surface area contributed by atoms with Gasteiger partial charge >= 0.3 is 0 Å². The molecule has 4 aliphatic rings. The molecule has 0 bridgehead atoms. The molecule has 0 aromatic carbocycles. The standard InChI is InChI=1S/C36H60N6O9/c1-16(2)22-31(46)40-26(20(8)49-34(40,10)11)29(44)38-24(18(5)6)33(48)42-27(21(9)51-36(42,14)15)30(45)39-23(17(3)4)32(47)41-25(28(43)37-22)19(7)50-35(41,12)13/h16-27H,1-15H3,(H,37,43)(H,38,44)(H,39,45)/t19-,20-,21-,22-,23-,24-,25-,26-,27-/m0/s1. The molecule has 51 heavy (non-hydrogen) atoms. The molecule has 0 radical (unpaired) electrons. The van der Waals surface area contributed by atoms with Crippen LogP contribution in [0.15, 0.2) is 0 Å². The topological polar surface area (TPSA) is 176 Å². The molecule has 15 heteroatoms. The lowest BCUT2D eigenvalue weighted by molar-refractivity contribution is -0.158. The van der Waals surface area contributed by atoms with E-state index in [-0.39, 0.29) is 0 Å². The predicted molar refractivity (Wildman–Crippen MR) is 186 cm³/mol. The van der Waals surface area contributed by atoms with Gasteiger partial charge in [0.2, 0.25) is 35.4 Å². The highest BCUT2D eigenvalue weighted by molar-refractivity contribution is 5.99. The van der Waals surface area contributed by atoms with E-state index in [4.69, 9.17) is 14.2 Å². The first kappa shape index (κ1) is 40.5. The van der Waals surface area contributed by atoms with Crippen LogP contribution in [0.1, 0.15) is 104 Å². The Balaban J connectivity index is 1.93. The normalized spacial score (nSPS) is 36.1. The molecule has 4 rings (SSSR count). The second-order valence-electron chi connectivity index (χ2n) is 17.0. The monoisotopic (exact) mass is 720 g/mol. The summed E-state index contributed by atoms with van der Waals surface area (Å²) >= 11 is 0. The number of nitrogens with zero attached hydrogens (tertiary/aromatic N) is 3. The Morgan fingerprint density at radius 2 is 0.647 bits per heavy atom. The predicted octanol–water partition coefficient (Wildman–Crippen LogP) is 1.48. The third-order valence-electron chi connectivity index (χ3n) is 10.5. The van der Waals surface area contributed by atoms with Crippen molar-refractivity contribution in [1.82, 2.24) is 30.7 Å². The van der Waals surface area contributed by atoms with Crippen molar-refractivity contribution in [2.45, 2.75) is 176 Å². The van der Waals surface area contributed by atoms with Crippen molar-refractivity contribution in [3.05, 3.63) is 0 Å². The zero-order valence-electron chi connectivity index (χ0n) is 32.9. The van der Waals surface area contributed by atoms with Gasteiger partial charge in [0.15, 0.2) is 0 Å². The average molecular weight is 721 g/mol. The smallest absolute Gasteiger partial charge is 0.248 e. The molecule has 4 aliphatic heterocycles. The van der Waals surface area contributed by atoms with Crippen molar-refractivity contribution in [2.24, 2.45) is 17.8 Å². The van der Waals surface area contributed by atoms with Crippen molar-refractivity contribution < 1.29 is 43.0 Å². The number of fused-ring (bicyclic) bond motifs is 3. The molecule has 288 valence electrons. The number of carbonyl (C=O) groups is 6. The van der Waals surface area contributed by atoms with Crippen LogP contribution in [0.5, 0.6) is 0 Å². The minimum absolute atomic E-state index is 0.443. The maximum atomic E-state index is 14.6. The molecule has 0 aromatic heterocycles. The molecular formula is C36H60N6O9. The van der Waals surface area contributed by atoms with Gasteiger partial charge in [0, 0.05) is 0 Å². The minimum atomic E-state index is -1.27. The van der Waals surface area contributed by atoms with E-state index in [0.717, 1.165) is 0 Å². The van der Waals surface area contributed by atoms with Crippen molar-refractivity contribution in [1.29, 1.82) is 0 Å². The molecule has 15 nitrogen and oxygen atoms in total. The summed E-state index contributed by atoms with van der Waals surface area (Å²) < 4.78 is 18.5. The number of rotatable bonds is 3. The summed E-state index contributed by atoms with van der Waals surface area (Å²) in [5, 5.41) is 8.66. The van der Waals surface area contributed by atoms with E-state index >= 15 is 0 Å². The average Bonchev–Trinajstić information content (AvgIpc) is 3.48. The molecule has 0 aliphatic carbocycles. The van der Waals surface area contributed by atoms with E-state index in [1.165, 1.54) is 14.7 Å². The van der Waals surface area contributed by atoms with Crippen LogP contribution in [0.25, 0.3) is 0 Å². The van der Waals surface area contributed by atoms with Gasteiger partial charge in [-0.25, -0.2) is 0 Å². The van der Waals surface area contributed by atoms with Crippen LogP contribution in [0.4, 0.5) is 0 Å². The highest BCUT2D eigenvalue weighted by atomic mass is 16.6. The molecular weight excluding hydrogens is 660 g/mol. The Kier molecular flexibility index (Phi) is 11.0. The lowest BCUT2D eigenvalue weighted by Gasteiger charge is -2.41. The van der Waals surface area contributed by atoms with E-state index in [1.807, 2.05) is 0 Å². The molecule has 4 fully saturated rings. The van der Waals surface area contributed by atoms with Crippen molar-refractivity contribution in [3.8, 4) is 0 Å². The second-order valence-corrected chi connectivity index (χ2v) is 17.0. The quantitative estimate of drug-likeness (QED) is 0.390. The Morgan fingerprint density at radius 1 is 0.451 bits per heavy atom. The van der Waals surface area contributed by atoms with Gasteiger partial charge in [0.1, 0.15) is 53.4 Å². The fourth-order valence-corrected chi connectivity index (χ4v) is 8.27. The van der Waals surface area contributed by atoms with Crippen LogP contribution in [0.3, 0.4) is 0 Å². The fraction of sp³-hybridized carbons (Fsp3) is 0.833. The molecule has 0 unspecified atom stereocenters. The first-order valence-corrected chi connectivity index (χ1v) is 18.2. The lowest BCUT2D eigenvalue weighted by atomic mass is 9.96. The van der Waals surface area contributed by atoms with Gasteiger partial charge in [-0.1, -0.05) is 41.5 Å². The second kappa shape index (κ2) is 13.9. The van der Waals surface area contributed by atoms with Gasteiger partial charge in [-0.05, 0) is 80.1 Å². The van der Waals surface area contributed by atoms with Crippen molar-refractivity contribution in [3.63, 3.8) is 0 Å². The van der Waals surface area contributed by atoms with Crippen LogP contribution in [-0.2, 0) is 43.0 Å². The van der Waals surface area contributed by atoms with Gasteiger partial charge in [-0.15, -0.1) is 0 Å². The van der Waals surface area contributed by atoms with Gasteiger partial charge in [0.25, 0.3) is 0 Å². The Hall–Kier alpha value is -3.30. The maximum Gasteiger partial charge on any atom is 0.248 e. The van der Waals surface area contributed by atoms with E-state index in [1.54, 1.807) is 104 Å². The summed E-state index contributed by atoms with van der Waals surface area (Å²) in [5.41, 5.74) is -3.80. The van der Waals surface area contributed by atoms with E-state index in [2.05, 4.69) is 16.0 Å². The highest BCUT2D eigenvalue weighted by Crippen LogP contribution is 2.38.